The molecule has 0 amide bonds. The summed E-state index contributed by atoms with van der Waals surface area (Å²) >= 11 is 0. The number of ether oxygens (including phenoxy) is 2. The van der Waals surface area contributed by atoms with Gasteiger partial charge in [-0.15, -0.1) is 0 Å². The molecule has 2 rings (SSSR count). The van der Waals surface area contributed by atoms with Crippen molar-refractivity contribution in [3.8, 4) is 5.75 Å². The van der Waals surface area contributed by atoms with Crippen LogP contribution in [0.25, 0.3) is 0 Å². The maximum atomic E-state index is 11.9. The quantitative estimate of drug-likeness (QED) is 0.650. The van der Waals surface area contributed by atoms with Gasteiger partial charge in [0.05, 0.1) is 13.2 Å². The van der Waals surface area contributed by atoms with Crippen LogP contribution in [-0.4, -0.2) is 28.7 Å². The van der Waals surface area contributed by atoms with E-state index >= 15 is 0 Å². The lowest BCUT2D eigenvalue weighted by atomic mass is 10.2. The Morgan fingerprint density at radius 2 is 2.24 bits per heavy atom. The van der Waals surface area contributed by atoms with Gasteiger partial charge in [0.2, 0.25) is 0 Å². The number of hydrogen-bond acceptors (Lipinski definition) is 5. The minimum absolute atomic E-state index is 0.316. The Hall–Kier alpha value is -2.50. The Morgan fingerprint density at radius 1 is 1.43 bits per heavy atom. The van der Waals surface area contributed by atoms with Crippen molar-refractivity contribution in [2.24, 2.45) is 0 Å². The summed E-state index contributed by atoms with van der Waals surface area (Å²) in [6, 6.07) is 4.90. The average molecular weight is 289 g/mol. The van der Waals surface area contributed by atoms with E-state index in [4.69, 9.17) is 15.2 Å². The number of nitrogen functional groups attached to an aromatic ring is 1. The van der Waals surface area contributed by atoms with Crippen LogP contribution in [-0.2, 0) is 11.3 Å². The van der Waals surface area contributed by atoms with Gasteiger partial charge in [0.15, 0.2) is 0 Å². The van der Waals surface area contributed by atoms with Crippen molar-refractivity contribution in [1.82, 2.24) is 9.55 Å². The van der Waals surface area contributed by atoms with Crippen molar-refractivity contribution in [1.29, 1.82) is 0 Å². The monoisotopic (exact) mass is 289 g/mol. The van der Waals surface area contributed by atoms with Crippen LogP contribution in [0.2, 0.25) is 0 Å². The molecule has 21 heavy (non-hydrogen) atoms. The average Bonchev–Trinajstić information content (AvgIpc) is 2.85. The summed E-state index contributed by atoms with van der Waals surface area (Å²) in [7, 11) is 0. The van der Waals surface area contributed by atoms with Gasteiger partial charge in [-0.2, -0.15) is 0 Å². The second-order valence-electron chi connectivity index (χ2n) is 4.49. The number of anilines is 1. The molecule has 0 spiro atoms. The molecule has 6 nitrogen and oxygen atoms in total. The summed E-state index contributed by atoms with van der Waals surface area (Å²) in [5, 5.41) is 0. The van der Waals surface area contributed by atoms with Gasteiger partial charge in [-0.25, -0.2) is 9.78 Å². The largest absolute Gasteiger partial charge is 0.491 e. The molecule has 112 valence electrons. The van der Waals surface area contributed by atoms with Crippen molar-refractivity contribution >= 4 is 11.7 Å². The number of rotatable bonds is 6. The van der Waals surface area contributed by atoms with Crippen molar-refractivity contribution in [3.05, 3.63) is 42.0 Å². The van der Waals surface area contributed by atoms with Gasteiger partial charge in [-0.05, 0) is 26.0 Å². The first-order valence-corrected chi connectivity index (χ1v) is 6.79. The second kappa shape index (κ2) is 6.78. The zero-order valence-corrected chi connectivity index (χ0v) is 12.2. The van der Waals surface area contributed by atoms with Crippen LogP contribution < -0.4 is 10.5 Å². The van der Waals surface area contributed by atoms with E-state index in [2.05, 4.69) is 4.98 Å². The number of aromatic nitrogens is 2. The predicted octanol–water partition coefficient (Wildman–Crippen LogP) is 2.03. The van der Waals surface area contributed by atoms with Crippen LogP contribution in [0.1, 0.15) is 23.1 Å². The first kappa shape index (κ1) is 14.9. The van der Waals surface area contributed by atoms with Gasteiger partial charge in [-0.1, -0.05) is 0 Å². The molecule has 1 heterocycles. The topological polar surface area (TPSA) is 79.4 Å². The second-order valence-corrected chi connectivity index (χ2v) is 4.49. The summed E-state index contributed by atoms with van der Waals surface area (Å²) in [5.41, 5.74) is 6.67. The smallest absolute Gasteiger partial charge is 0.341 e. The molecule has 0 unspecified atom stereocenters. The lowest BCUT2D eigenvalue weighted by Gasteiger charge is -2.12. The SMILES string of the molecule is CCOC(=O)c1ccc(N)cc1OCCn1ccnc1C. The summed E-state index contributed by atoms with van der Waals surface area (Å²) in [6.45, 7) is 5.05. The molecule has 0 saturated carbocycles. The molecule has 0 fully saturated rings. The molecule has 0 aliphatic rings. The van der Waals surface area contributed by atoms with E-state index in [0.717, 1.165) is 5.82 Å². The number of aryl methyl sites for hydroxylation is 1. The Balaban J connectivity index is 2.06. The number of carbonyl (C=O) groups is 1. The van der Waals surface area contributed by atoms with E-state index in [1.807, 2.05) is 17.7 Å². The molecular formula is C15H19N3O3. The van der Waals surface area contributed by atoms with E-state index in [9.17, 15) is 4.79 Å². The fraction of sp³-hybridized carbons (Fsp3) is 0.333. The van der Waals surface area contributed by atoms with Crippen LogP contribution in [0.15, 0.2) is 30.6 Å². The molecular weight excluding hydrogens is 270 g/mol. The number of nitrogens with two attached hydrogens (primary N) is 1. The van der Waals surface area contributed by atoms with Gasteiger partial charge in [-0.3, -0.25) is 0 Å². The van der Waals surface area contributed by atoms with Crippen LogP contribution in [0, 0.1) is 6.92 Å². The summed E-state index contributed by atoms with van der Waals surface area (Å²) in [5.74, 6) is 0.939. The highest BCUT2D eigenvalue weighted by Crippen LogP contribution is 2.23. The third-order valence-corrected chi connectivity index (χ3v) is 3.01. The summed E-state index contributed by atoms with van der Waals surface area (Å²) < 4.78 is 12.7. The number of nitrogens with zero attached hydrogens (tertiary/aromatic N) is 2. The lowest BCUT2D eigenvalue weighted by molar-refractivity contribution is 0.0521. The Kier molecular flexibility index (Phi) is 4.81. The molecule has 0 aliphatic heterocycles. The molecule has 0 atom stereocenters. The van der Waals surface area contributed by atoms with E-state index in [0.29, 0.717) is 36.8 Å². The Morgan fingerprint density at radius 3 is 2.90 bits per heavy atom. The third kappa shape index (κ3) is 3.75. The summed E-state index contributed by atoms with van der Waals surface area (Å²) in [6.07, 6.45) is 3.62. The standard InChI is InChI=1S/C15H19N3O3/c1-3-20-15(19)13-5-4-12(16)10-14(13)21-9-8-18-7-6-17-11(18)2/h4-7,10H,3,8-9,16H2,1-2H3. The van der Waals surface area contributed by atoms with E-state index in [1.165, 1.54) is 0 Å². The molecule has 0 bridgehead atoms. The molecule has 0 aliphatic carbocycles. The van der Waals surface area contributed by atoms with E-state index in [1.54, 1.807) is 31.3 Å². The first-order chi connectivity index (χ1) is 10.1. The molecule has 6 heteroatoms. The van der Waals surface area contributed by atoms with Crippen molar-refractivity contribution in [2.75, 3.05) is 18.9 Å². The molecule has 1 aromatic carbocycles. The van der Waals surface area contributed by atoms with Gasteiger partial charge in [0.25, 0.3) is 0 Å². The lowest BCUT2D eigenvalue weighted by Crippen LogP contribution is -2.12. The highest BCUT2D eigenvalue weighted by molar-refractivity contribution is 5.93. The molecule has 2 aromatic rings. The first-order valence-electron chi connectivity index (χ1n) is 6.79. The minimum atomic E-state index is -0.411. The number of imidazole rings is 1. The molecule has 0 saturated heterocycles. The molecule has 1 aromatic heterocycles. The fourth-order valence-electron chi connectivity index (χ4n) is 1.93. The van der Waals surface area contributed by atoms with Gasteiger partial charge in [0, 0.05) is 24.1 Å². The normalized spacial score (nSPS) is 10.4. The number of hydrogen-bond donors (Lipinski definition) is 1. The highest BCUT2D eigenvalue weighted by Gasteiger charge is 2.14. The maximum absolute atomic E-state index is 11.9. The zero-order chi connectivity index (χ0) is 15.2. The molecule has 2 N–H and O–H groups in total. The minimum Gasteiger partial charge on any atom is -0.491 e. The van der Waals surface area contributed by atoms with Crippen molar-refractivity contribution in [2.45, 2.75) is 20.4 Å². The zero-order valence-electron chi connectivity index (χ0n) is 12.2. The van der Waals surface area contributed by atoms with Crippen molar-refractivity contribution in [3.63, 3.8) is 0 Å². The van der Waals surface area contributed by atoms with Gasteiger partial charge < -0.3 is 19.8 Å². The van der Waals surface area contributed by atoms with E-state index < -0.39 is 5.97 Å². The highest BCUT2D eigenvalue weighted by atomic mass is 16.5. The molecule has 0 radical (unpaired) electrons. The van der Waals surface area contributed by atoms with Crippen LogP contribution in [0.5, 0.6) is 5.75 Å². The van der Waals surface area contributed by atoms with Crippen LogP contribution in [0.4, 0.5) is 5.69 Å². The number of carbonyl (C=O) groups excluding carboxylic acids is 1. The third-order valence-electron chi connectivity index (χ3n) is 3.01. The van der Waals surface area contributed by atoms with Crippen LogP contribution in [0.3, 0.4) is 0 Å². The van der Waals surface area contributed by atoms with Crippen LogP contribution >= 0.6 is 0 Å². The number of esters is 1. The maximum Gasteiger partial charge on any atom is 0.341 e. The van der Waals surface area contributed by atoms with E-state index in [-0.39, 0.29) is 0 Å². The summed E-state index contributed by atoms with van der Waals surface area (Å²) in [4.78, 5) is 16.0. The Labute approximate surface area is 123 Å². The fourth-order valence-corrected chi connectivity index (χ4v) is 1.93. The van der Waals surface area contributed by atoms with Gasteiger partial charge >= 0.3 is 5.97 Å². The Bertz CT molecular complexity index is 622. The predicted molar refractivity (Wildman–Crippen MR) is 79.3 cm³/mol. The van der Waals surface area contributed by atoms with Gasteiger partial charge in [0.1, 0.15) is 23.7 Å². The number of benzene rings is 1. The van der Waals surface area contributed by atoms with Crippen molar-refractivity contribution < 1.29 is 14.3 Å².